The zero-order valence-electron chi connectivity index (χ0n) is 11.7. The molecule has 3 rings (SSSR count). The number of aromatic carboxylic acids is 1. The van der Waals surface area contributed by atoms with E-state index in [0.29, 0.717) is 18.9 Å². The minimum atomic E-state index is -1.07. The number of aromatic nitrogens is 3. The van der Waals surface area contributed by atoms with Crippen molar-refractivity contribution in [2.24, 2.45) is 0 Å². The van der Waals surface area contributed by atoms with E-state index >= 15 is 0 Å². The smallest absolute Gasteiger partial charge is 0.358 e. The standard InChI is InChI=1S/C14H16N4O3/c1-10-13(14(19)20)15-16-18(10)12-5-3-2-4-11(12)17-6-8-21-9-7-17/h2-5H,6-9H2,1H3,(H,19,20). The van der Waals surface area contributed by atoms with Crippen LogP contribution in [-0.4, -0.2) is 52.4 Å². The quantitative estimate of drug-likeness (QED) is 0.911. The first kappa shape index (κ1) is 13.6. The van der Waals surface area contributed by atoms with E-state index in [1.165, 1.54) is 0 Å². The monoisotopic (exact) mass is 288 g/mol. The number of hydrogen-bond acceptors (Lipinski definition) is 5. The van der Waals surface area contributed by atoms with Gasteiger partial charge in [-0.1, -0.05) is 17.3 Å². The maximum atomic E-state index is 11.1. The van der Waals surface area contributed by atoms with E-state index in [4.69, 9.17) is 9.84 Å². The van der Waals surface area contributed by atoms with Crippen LogP contribution in [0, 0.1) is 6.92 Å². The summed E-state index contributed by atoms with van der Waals surface area (Å²) in [4.78, 5) is 13.3. The maximum Gasteiger partial charge on any atom is 0.358 e. The molecule has 1 aromatic carbocycles. The number of carboxylic acids is 1. The van der Waals surface area contributed by atoms with Gasteiger partial charge in [0, 0.05) is 13.1 Å². The Bertz CT molecular complexity index is 662. The van der Waals surface area contributed by atoms with Crippen LogP contribution in [-0.2, 0) is 4.74 Å². The number of carboxylic acid groups (broad SMARTS) is 1. The molecule has 7 nitrogen and oxygen atoms in total. The molecule has 0 atom stereocenters. The van der Waals surface area contributed by atoms with Crippen molar-refractivity contribution in [3.05, 3.63) is 35.7 Å². The van der Waals surface area contributed by atoms with Crippen molar-refractivity contribution in [2.45, 2.75) is 6.92 Å². The predicted molar refractivity (Wildman–Crippen MR) is 76.1 cm³/mol. The van der Waals surface area contributed by atoms with Gasteiger partial charge in [-0.05, 0) is 19.1 Å². The number of para-hydroxylation sites is 2. The third kappa shape index (κ3) is 2.47. The summed E-state index contributed by atoms with van der Waals surface area (Å²) < 4.78 is 6.95. The summed E-state index contributed by atoms with van der Waals surface area (Å²) in [6, 6.07) is 7.78. The van der Waals surface area contributed by atoms with E-state index in [0.717, 1.165) is 24.5 Å². The van der Waals surface area contributed by atoms with Crippen molar-refractivity contribution in [1.29, 1.82) is 0 Å². The van der Waals surface area contributed by atoms with Crippen molar-refractivity contribution in [3.8, 4) is 5.69 Å². The van der Waals surface area contributed by atoms with Crippen LogP contribution in [0.3, 0.4) is 0 Å². The number of benzene rings is 1. The molecule has 21 heavy (non-hydrogen) atoms. The molecule has 0 bridgehead atoms. The van der Waals surface area contributed by atoms with Crippen molar-refractivity contribution in [2.75, 3.05) is 31.2 Å². The van der Waals surface area contributed by atoms with Crippen LogP contribution >= 0.6 is 0 Å². The van der Waals surface area contributed by atoms with E-state index in [1.54, 1.807) is 11.6 Å². The fraction of sp³-hybridized carbons (Fsp3) is 0.357. The minimum absolute atomic E-state index is 0.0215. The van der Waals surface area contributed by atoms with E-state index in [1.807, 2.05) is 24.3 Å². The molecule has 1 saturated heterocycles. The minimum Gasteiger partial charge on any atom is -0.476 e. The number of anilines is 1. The van der Waals surface area contributed by atoms with Crippen molar-refractivity contribution >= 4 is 11.7 Å². The SMILES string of the molecule is Cc1c(C(=O)O)nnn1-c1ccccc1N1CCOCC1. The Morgan fingerprint density at radius 3 is 2.52 bits per heavy atom. The molecule has 7 heteroatoms. The van der Waals surface area contributed by atoms with Gasteiger partial charge >= 0.3 is 5.97 Å². The molecule has 1 aliphatic heterocycles. The Kier molecular flexibility index (Phi) is 3.57. The Morgan fingerprint density at radius 1 is 1.24 bits per heavy atom. The molecular formula is C14H16N4O3. The topological polar surface area (TPSA) is 80.5 Å². The van der Waals surface area contributed by atoms with Crippen LogP contribution in [0.2, 0.25) is 0 Å². The zero-order chi connectivity index (χ0) is 14.8. The van der Waals surface area contributed by atoms with Crippen LogP contribution < -0.4 is 4.90 Å². The molecule has 2 aromatic rings. The first-order chi connectivity index (χ1) is 10.2. The Labute approximate surface area is 121 Å². The fourth-order valence-electron chi connectivity index (χ4n) is 2.47. The van der Waals surface area contributed by atoms with Gasteiger partial charge in [0.15, 0.2) is 5.69 Å². The molecule has 0 unspecified atom stereocenters. The highest BCUT2D eigenvalue weighted by Crippen LogP contribution is 2.26. The molecule has 1 aliphatic rings. The van der Waals surface area contributed by atoms with Gasteiger partial charge in [-0.2, -0.15) is 0 Å². The summed E-state index contributed by atoms with van der Waals surface area (Å²) >= 11 is 0. The first-order valence-corrected chi connectivity index (χ1v) is 6.76. The van der Waals surface area contributed by atoms with E-state index in [2.05, 4.69) is 15.2 Å². The van der Waals surface area contributed by atoms with Crippen LogP contribution in [0.25, 0.3) is 5.69 Å². The van der Waals surface area contributed by atoms with Gasteiger partial charge in [0.1, 0.15) is 0 Å². The Hall–Kier alpha value is -2.41. The number of hydrogen-bond donors (Lipinski definition) is 1. The summed E-state index contributed by atoms with van der Waals surface area (Å²) in [5.74, 6) is -1.07. The molecule has 1 N–H and O–H groups in total. The lowest BCUT2D eigenvalue weighted by molar-refractivity contribution is 0.0689. The van der Waals surface area contributed by atoms with Gasteiger partial charge in [0.05, 0.1) is 30.3 Å². The highest BCUT2D eigenvalue weighted by molar-refractivity contribution is 5.86. The highest BCUT2D eigenvalue weighted by Gasteiger charge is 2.20. The molecule has 0 aliphatic carbocycles. The molecule has 0 spiro atoms. The third-order valence-corrected chi connectivity index (χ3v) is 3.56. The second-order valence-electron chi connectivity index (χ2n) is 4.83. The summed E-state index contributed by atoms with van der Waals surface area (Å²) in [5.41, 5.74) is 2.33. The molecule has 0 radical (unpaired) electrons. The number of carbonyl (C=O) groups is 1. The van der Waals surface area contributed by atoms with Gasteiger partial charge in [-0.25, -0.2) is 9.48 Å². The normalized spacial score (nSPS) is 15.2. The Balaban J connectivity index is 2.04. The largest absolute Gasteiger partial charge is 0.476 e. The Morgan fingerprint density at radius 2 is 1.90 bits per heavy atom. The molecule has 110 valence electrons. The summed E-state index contributed by atoms with van der Waals surface area (Å²) in [5, 5.41) is 16.8. The molecular weight excluding hydrogens is 272 g/mol. The average Bonchev–Trinajstić information content (AvgIpc) is 2.90. The maximum absolute atomic E-state index is 11.1. The predicted octanol–water partition coefficient (Wildman–Crippen LogP) is 1.11. The van der Waals surface area contributed by atoms with E-state index in [9.17, 15) is 4.79 Å². The third-order valence-electron chi connectivity index (χ3n) is 3.56. The van der Waals surface area contributed by atoms with Gasteiger partial charge in [-0.15, -0.1) is 5.10 Å². The van der Waals surface area contributed by atoms with Gasteiger partial charge < -0.3 is 14.7 Å². The molecule has 0 amide bonds. The molecule has 2 heterocycles. The summed E-state index contributed by atoms with van der Waals surface area (Å²) in [6.45, 7) is 4.68. The van der Waals surface area contributed by atoms with Crippen LogP contribution in [0.4, 0.5) is 5.69 Å². The van der Waals surface area contributed by atoms with Crippen LogP contribution in [0.1, 0.15) is 16.2 Å². The zero-order valence-corrected chi connectivity index (χ0v) is 11.7. The first-order valence-electron chi connectivity index (χ1n) is 6.76. The molecule has 1 aromatic heterocycles. The lowest BCUT2D eigenvalue weighted by Gasteiger charge is -2.30. The van der Waals surface area contributed by atoms with E-state index in [-0.39, 0.29) is 5.69 Å². The van der Waals surface area contributed by atoms with Gasteiger partial charge in [-0.3, -0.25) is 0 Å². The van der Waals surface area contributed by atoms with Crippen LogP contribution in [0.15, 0.2) is 24.3 Å². The molecule has 0 saturated carbocycles. The summed E-state index contributed by atoms with van der Waals surface area (Å²) in [6.07, 6.45) is 0. The lowest BCUT2D eigenvalue weighted by atomic mass is 10.2. The second kappa shape index (κ2) is 5.53. The van der Waals surface area contributed by atoms with Gasteiger partial charge in [0.2, 0.25) is 0 Å². The van der Waals surface area contributed by atoms with Crippen molar-refractivity contribution < 1.29 is 14.6 Å². The number of morpholine rings is 1. The lowest BCUT2D eigenvalue weighted by Crippen LogP contribution is -2.36. The van der Waals surface area contributed by atoms with Gasteiger partial charge in [0.25, 0.3) is 0 Å². The van der Waals surface area contributed by atoms with E-state index < -0.39 is 5.97 Å². The summed E-state index contributed by atoms with van der Waals surface area (Å²) in [7, 11) is 0. The fourth-order valence-corrected chi connectivity index (χ4v) is 2.47. The molecule has 1 fully saturated rings. The highest BCUT2D eigenvalue weighted by atomic mass is 16.5. The second-order valence-corrected chi connectivity index (χ2v) is 4.83. The van der Waals surface area contributed by atoms with Crippen molar-refractivity contribution in [3.63, 3.8) is 0 Å². The number of rotatable bonds is 3. The number of nitrogens with zero attached hydrogens (tertiary/aromatic N) is 4. The number of ether oxygens (including phenoxy) is 1. The van der Waals surface area contributed by atoms with Crippen molar-refractivity contribution in [1.82, 2.24) is 15.0 Å². The average molecular weight is 288 g/mol. The van der Waals surface area contributed by atoms with Crippen LogP contribution in [0.5, 0.6) is 0 Å².